The van der Waals surface area contributed by atoms with Gasteiger partial charge in [0.25, 0.3) is 0 Å². The molecule has 1 aromatic carbocycles. The van der Waals surface area contributed by atoms with Crippen molar-refractivity contribution in [2.45, 2.75) is 77.7 Å². The molecule has 2 saturated carbocycles. The number of nitrogens with zero attached hydrogens (tertiary/aromatic N) is 6. The van der Waals surface area contributed by atoms with E-state index in [2.05, 4.69) is 48.7 Å². The Bertz CT molecular complexity index is 1270. The fourth-order valence-electron chi connectivity index (χ4n) is 7.22. The fraction of sp³-hybridized carbons (Fsp3) is 0.688. The predicted molar refractivity (Wildman–Crippen MR) is 160 cm³/mol. The summed E-state index contributed by atoms with van der Waals surface area (Å²) in [6, 6.07) is 6.56. The molecule has 2 aliphatic heterocycles. The van der Waals surface area contributed by atoms with Crippen molar-refractivity contribution in [3.05, 3.63) is 41.0 Å². The lowest BCUT2D eigenvalue weighted by molar-refractivity contribution is -0.119. The van der Waals surface area contributed by atoms with Gasteiger partial charge in [0, 0.05) is 56.9 Å². The first-order chi connectivity index (χ1) is 19.7. The van der Waals surface area contributed by atoms with E-state index >= 15 is 0 Å². The molecule has 9 heteroatoms. The molecule has 2 saturated heterocycles. The molecule has 3 amide bonds. The average Bonchev–Trinajstić information content (AvgIpc) is 3.50. The second-order valence-electron chi connectivity index (χ2n) is 13.7. The number of amides is 3. The van der Waals surface area contributed by atoms with Crippen LogP contribution in [0.1, 0.15) is 86.6 Å². The van der Waals surface area contributed by atoms with E-state index in [1.54, 1.807) is 0 Å². The molecule has 1 N–H and O–H groups in total. The van der Waals surface area contributed by atoms with E-state index in [0.29, 0.717) is 25.0 Å². The molecule has 4 aliphatic rings. The van der Waals surface area contributed by atoms with Crippen molar-refractivity contribution in [2.24, 2.45) is 17.8 Å². The topological polar surface area (TPSA) is 86.6 Å². The molecule has 1 aromatic heterocycles. The number of nitrogens with one attached hydrogen (secondary N) is 1. The number of hydrogen-bond acceptors (Lipinski definition) is 5. The van der Waals surface area contributed by atoms with Crippen LogP contribution in [0.3, 0.4) is 0 Å². The fourth-order valence-corrected chi connectivity index (χ4v) is 7.22. The van der Waals surface area contributed by atoms with Gasteiger partial charge >= 0.3 is 6.03 Å². The summed E-state index contributed by atoms with van der Waals surface area (Å²) in [6.45, 7) is 12.8. The summed E-state index contributed by atoms with van der Waals surface area (Å²) in [6.07, 6.45) is 5.90. The van der Waals surface area contributed by atoms with E-state index in [4.69, 9.17) is 10.2 Å². The van der Waals surface area contributed by atoms with Gasteiger partial charge in [-0.05, 0) is 76.5 Å². The highest BCUT2D eigenvalue weighted by atomic mass is 16.2. The molecular weight excluding hydrogens is 514 g/mol. The Hall–Kier alpha value is -2.94. The molecule has 3 heterocycles. The Labute approximate surface area is 244 Å². The zero-order valence-electron chi connectivity index (χ0n) is 25.5. The van der Waals surface area contributed by atoms with Gasteiger partial charge in [-0.1, -0.05) is 31.5 Å². The monoisotopic (exact) mass is 561 g/mol. The van der Waals surface area contributed by atoms with E-state index in [-0.39, 0.29) is 23.8 Å². The second kappa shape index (κ2) is 11.4. The Balaban J connectivity index is 1.27. The number of likely N-dealkylation sites (tertiary alicyclic amines) is 1. The molecule has 6 rings (SSSR count). The van der Waals surface area contributed by atoms with Crippen LogP contribution in [0.4, 0.5) is 10.5 Å². The van der Waals surface area contributed by atoms with Crippen LogP contribution in [0.15, 0.2) is 18.2 Å². The lowest BCUT2D eigenvalue weighted by atomic mass is 9.71. The zero-order chi connectivity index (χ0) is 28.8. The average molecular weight is 562 g/mol. The number of urea groups is 1. The minimum absolute atomic E-state index is 0.0387. The van der Waals surface area contributed by atoms with Crippen LogP contribution < -0.4 is 5.32 Å². The number of carbonyl (C=O) groups is 2. The molecule has 0 unspecified atom stereocenters. The number of anilines is 1. The van der Waals surface area contributed by atoms with E-state index in [1.165, 1.54) is 24.8 Å². The smallest absolute Gasteiger partial charge is 0.320 e. The first-order valence-electron chi connectivity index (χ1n) is 15.7. The van der Waals surface area contributed by atoms with Gasteiger partial charge in [-0.2, -0.15) is 0 Å². The number of likely N-dealkylation sites (N-methyl/N-ethyl adjacent to an activating group) is 1. The third-order valence-electron chi connectivity index (χ3n) is 9.74. The molecule has 4 fully saturated rings. The van der Waals surface area contributed by atoms with Crippen molar-refractivity contribution in [1.29, 1.82) is 0 Å². The maximum atomic E-state index is 13.9. The van der Waals surface area contributed by atoms with E-state index in [1.807, 2.05) is 28.9 Å². The van der Waals surface area contributed by atoms with E-state index < -0.39 is 0 Å². The summed E-state index contributed by atoms with van der Waals surface area (Å²) in [5.74, 6) is 3.37. The number of aryl methyl sites for hydroxylation is 2. The molecule has 0 radical (unpaired) electrons. The van der Waals surface area contributed by atoms with Crippen molar-refractivity contribution in [3.8, 4) is 0 Å². The SMILES string of the molecule is Cc1ccc(NC(=O)[C@H]2CN(C(=O)N3CCN(C)CC3)C[C@@H]2c2nnc(C3CC(CC(C)C)C3)n2C2CC2)c(C)c1. The number of rotatable bonds is 7. The van der Waals surface area contributed by atoms with Gasteiger partial charge in [-0.25, -0.2) is 4.79 Å². The van der Waals surface area contributed by atoms with E-state index in [9.17, 15) is 9.59 Å². The minimum Gasteiger partial charge on any atom is -0.326 e. The normalized spacial score (nSPS) is 26.9. The summed E-state index contributed by atoms with van der Waals surface area (Å²) >= 11 is 0. The Morgan fingerprint density at radius 2 is 1.68 bits per heavy atom. The number of aromatic nitrogens is 3. The highest BCUT2D eigenvalue weighted by molar-refractivity contribution is 5.95. The standard InChI is InChI=1S/C32H47N7O2/c1-20(2)14-23-16-24(17-23)29-34-35-30(39(29)25-7-8-25)26-18-38(32(41)37-12-10-36(5)11-13-37)19-27(26)31(40)33-28-9-6-21(3)15-22(28)4/h6,9,15,20,23-27H,7-8,10-14,16-19H2,1-5H3,(H,33,40)/t23?,24?,26-,27-/m0/s1. The number of piperazine rings is 1. The zero-order valence-corrected chi connectivity index (χ0v) is 25.5. The van der Waals surface area contributed by atoms with Crippen LogP contribution >= 0.6 is 0 Å². The third-order valence-corrected chi connectivity index (χ3v) is 9.74. The van der Waals surface area contributed by atoms with Crippen LogP contribution in [0, 0.1) is 31.6 Å². The largest absolute Gasteiger partial charge is 0.326 e. The first kappa shape index (κ1) is 28.2. The Morgan fingerprint density at radius 3 is 2.34 bits per heavy atom. The van der Waals surface area contributed by atoms with Gasteiger partial charge in [0.1, 0.15) is 11.6 Å². The maximum Gasteiger partial charge on any atom is 0.320 e. The second-order valence-corrected chi connectivity index (χ2v) is 13.7. The molecule has 0 bridgehead atoms. The van der Waals surface area contributed by atoms with Crippen LogP contribution in [0.2, 0.25) is 0 Å². The highest BCUT2D eigenvalue weighted by Crippen LogP contribution is 2.48. The summed E-state index contributed by atoms with van der Waals surface area (Å²) in [4.78, 5) is 33.7. The van der Waals surface area contributed by atoms with Crippen LogP contribution in [-0.2, 0) is 4.79 Å². The molecule has 0 spiro atoms. The maximum absolute atomic E-state index is 13.9. The molecule has 222 valence electrons. The van der Waals surface area contributed by atoms with Crippen molar-refractivity contribution in [3.63, 3.8) is 0 Å². The van der Waals surface area contributed by atoms with E-state index in [0.717, 1.165) is 73.8 Å². The van der Waals surface area contributed by atoms with Crippen molar-refractivity contribution >= 4 is 17.6 Å². The van der Waals surface area contributed by atoms with Gasteiger partial charge in [0.05, 0.1) is 11.8 Å². The lowest BCUT2D eigenvalue weighted by Gasteiger charge is -2.36. The lowest BCUT2D eigenvalue weighted by Crippen LogP contribution is -2.51. The third kappa shape index (κ3) is 5.87. The number of carbonyl (C=O) groups excluding carboxylic acids is 2. The number of hydrogen-bond donors (Lipinski definition) is 1. The Morgan fingerprint density at radius 1 is 0.976 bits per heavy atom. The van der Waals surface area contributed by atoms with Crippen LogP contribution in [-0.4, -0.2) is 87.7 Å². The van der Waals surface area contributed by atoms with Gasteiger partial charge < -0.3 is 24.6 Å². The van der Waals surface area contributed by atoms with Gasteiger partial charge in [0.2, 0.25) is 5.91 Å². The summed E-state index contributed by atoms with van der Waals surface area (Å²) in [5, 5.41) is 12.8. The Kier molecular flexibility index (Phi) is 7.83. The predicted octanol–water partition coefficient (Wildman–Crippen LogP) is 4.79. The van der Waals surface area contributed by atoms with Crippen LogP contribution in [0.5, 0.6) is 0 Å². The summed E-state index contributed by atoms with van der Waals surface area (Å²) in [7, 11) is 2.09. The van der Waals surface area contributed by atoms with Crippen molar-refractivity contribution in [2.75, 3.05) is 51.6 Å². The van der Waals surface area contributed by atoms with Gasteiger partial charge in [-0.15, -0.1) is 10.2 Å². The molecule has 9 nitrogen and oxygen atoms in total. The molecule has 41 heavy (non-hydrogen) atoms. The number of benzene rings is 1. The molecule has 2 atom stereocenters. The summed E-state index contributed by atoms with van der Waals surface area (Å²) in [5.41, 5.74) is 3.04. The van der Waals surface area contributed by atoms with Crippen molar-refractivity contribution < 1.29 is 9.59 Å². The van der Waals surface area contributed by atoms with Crippen molar-refractivity contribution in [1.82, 2.24) is 29.5 Å². The highest BCUT2D eigenvalue weighted by Gasteiger charge is 2.47. The molecule has 2 aromatic rings. The van der Waals surface area contributed by atoms with Gasteiger partial charge in [-0.3, -0.25) is 4.79 Å². The molecule has 2 aliphatic carbocycles. The minimum atomic E-state index is -0.378. The summed E-state index contributed by atoms with van der Waals surface area (Å²) < 4.78 is 2.39. The molecular formula is C32H47N7O2. The first-order valence-corrected chi connectivity index (χ1v) is 15.7. The van der Waals surface area contributed by atoms with Gasteiger partial charge in [0.15, 0.2) is 0 Å². The van der Waals surface area contributed by atoms with Crippen LogP contribution in [0.25, 0.3) is 0 Å². The quantitative estimate of drug-likeness (QED) is 0.525.